The number of piperidine rings is 1. The van der Waals surface area contributed by atoms with Gasteiger partial charge < -0.3 is 24.6 Å². The zero-order chi connectivity index (χ0) is 21.2. The molecule has 2 aromatic rings. The average Bonchev–Trinajstić information content (AvgIpc) is 2.76. The molecule has 0 saturated carbocycles. The van der Waals surface area contributed by atoms with Gasteiger partial charge in [0.05, 0.1) is 0 Å². The largest absolute Gasteiger partial charge is 0.492 e. The third-order valence-corrected chi connectivity index (χ3v) is 5.16. The maximum atomic E-state index is 6.10. The Bertz CT molecular complexity index is 793. The molecule has 0 aromatic heterocycles. The topological polar surface area (TPSA) is 49.3 Å². The van der Waals surface area contributed by atoms with Gasteiger partial charge in [-0.25, -0.2) is 0 Å². The summed E-state index contributed by atoms with van der Waals surface area (Å²) in [5.74, 6) is 2.79. The van der Waals surface area contributed by atoms with E-state index in [1.54, 1.807) is 0 Å². The van der Waals surface area contributed by atoms with Crippen molar-refractivity contribution in [3.05, 3.63) is 60.2 Å². The monoisotopic (exact) mass is 538 g/mol. The minimum absolute atomic E-state index is 0. The first kappa shape index (κ1) is 25.3. The van der Waals surface area contributed by atoms with Gasteiger partial charge in [-0.05, 0) is 43.9 Å². The molecule has 0 spiro atoms. The van der Waals surface area contributed by atoms with E-state index >= 15 is 0 Å². The second kappa shape index (κ2) is 13.4. The number of nitrogens with one attached hydrogen (secondary N) is 1. The van der Waals surface area contributed by atoms with Crippen LogP contribution < -0.4 is 14.8 Å². The van der Waals surface area contributed by atoms with E-state index in [0.29, 0.717) is 6.61 Å². The molecule has 1 aliphatic heterocycles. The molecule has 0 bridgehead atoms. The number of hydrogen-bond donors (Lipinski definition) is 1. The first-order valence-electron chi connectivity index (χ1n) is 10.7. The van der Waals surface area contributed by atoms with E-state index < -0.39 is 0 Å². The zero-order valence-electron chi connectivity index (χ0n) is 18.8. The third-order valence-electron chi connectivity index (χ3n) is 5.16. The summed E-state index contributed by atoms with van der Waals surface area (Å²) in [5.41, 5.74) is 1.18. The molecule has 3 rings (SSSR count). The van der Waals surface area contributed by atoms with Crippen LogP contribution in [-0.4, -0.2) is 69.2 Å². The Balaban J connectivity index is 0.00000341. The van der Waals surface area contributed by atoms with Crippen molar-refractivity contribution in [2.45, 2.75) is 25.5 Å². The molecule has 2 aromatic carbocycles. The van der Waals surface area contributed by atoms with Crippen LogP contribution in [0.1, 0.15) is 18.4 Å². The lowest BCUT2D eigenvalue weighted by molar-refractivity contribution is 0.129. The van der Waals surface area contributed by atoms with Gasteiger partial charge in [0, 0.05) is 46.1 Å². The Morgan fingerprint density at radius 1 is 1.06 bits per heavy atom. The molecule has 0 radical (unpaired) electrons. The predicted octanol–water partition coefficient (Wildman–Crippen LogP) is 3.86. The summed E-state index contributed by atoms with van der Waals surface area (Å²) in [7, 11) is 5.94. The Hall–Kier alpha value is -2.00. The molecule has 1 saturated heterocycles. The van der Waals surface area contributed by atoms with Gasteiger partial charge in [-0.2, -0.15) is 0 Å². The van der Waals surface area contributed by atoms with E-state index in [2.05, 4.69) is 32.2 Å². The molecular formula is C24H35IN4O2. The van der Waals surface area contributed by atoms with E-state index in [1.165, 1.54) is 5.56 Å². The van der Waals surface area contributed by atoms with Gasteiger partial charge in [0.1, 0.15) is 24.2 Å². The number of guanidine groups is 1. The minimum Gasteiger partial charge on any atom is -0.492 e. The van der Waals surface area contributed by atoms with Crippen LogP contribution in [0.5, 0.6) is 11.5 Å². The second-order valence-electron chi connectivity index (χ2n) is 7.82. The number of likely N-dealkylation sites (tertiary alicyclic amines) is 1. The lowest BCUT2D eigenvalue weighted by Gasteiger charge is -2.34. The van der Waals surface area contributed by atoms with Gasteiger partial charge in [-0.1, -0.05) is 30.3 Å². The lowest BCUT2D eigenvalue weighted by Crippen LogP contribution is -2.47. The molecule has 0 atom stereocenters. The number of nitrogens with zero attached hydrogens (tertiary/aromatic N) is 3. The fourth-order valence-electron chi connectivity index (χ4n) is 3.48. The number of halogens is 1. The number of aliphatic imine (C=N–C) groups is 1. The molecule has 1 heterocycles. The number of benzene rings is 2. The SMILES string of the molecule is CN=C(NCc1cccc(OCCN(C)C)c1)N1CCC(Oc2ccccc2)CC1.I. The predicted molar refractivity (Wildman–Crippen MR) is 138 cm³/mol. The number of hydrogen-bond acceptors (Lipinski definition) is 4. The quantitative estimate of drug-likeness (QED) is 0.314. The Morgan fingerprint density at radius 3 is 2.45 bits per heavy atom. The highest BCUT2D eigenvalue weighted by Crippen LogP contribution is 2.19. The molecule has 170 valence electrons. The van der Waals surface area contributed by atoms with E-state index in [1.807, 2.05) is 63.6 Å². The molecule has 6 nitrogen and oxygen atoms in total. The van der Waals surface area contributed by atoms with Crippen LogP contribution in [0.4, 0.5) is 0 Å². The van der Waals surface area contributed by atoms with Gasteiger partial charge >= 0.3 is 0 Å². The van der Waals surface area contributed by atoms with E-state index in [-0.39, 0.29) is 30.1 Å². The number of rotatable bonds is 8. The van der Waals surface area contributed by atoms with Gasteiger partial charge in [0.25, 0.3) is 0 Å². The second-order valence-corrected chi connectivity index (χ2v) is 7.82. The van der Waals surface area contributed by atoms with Crippen LogP contribution in [0.25, 0.3) is 0 Å². The molecule has 1 aliphatic rings. The highest BCUT2D eigenvalue weighted by molar-refractivity contribution is 14.0. The standard InChI is InChI=1S/C24H34N4O2.HI/c1-25-24(26-19-20-8-7-11-23(18-20)29-17-16-27(2)3)28-14-12-22(13-15-28)30-21-9-5-4-6-10-21;/h4-11,18,22H,12-17,19H2,1-3H3,(H,25,26);1H. The Kier molecular flexibility index (Phi) is 10.9. The summed E-state index contributed by atoms with van der Waals surface area (Å²) < 4.78 is 11.9. The molecule has 1 fully saturated rings. The van der Waals surface area contributed by atoms with E-state index in [9.17, 15) is 0 Å². The van der Waals surface area contributed by atoms with Crippen LogP contribution in [0.3, 0.4) is 0 Å². The minimum atomic E-state index is 0. The summed E-state index contributed by atoms with van der Waals surface area (Å²) in [5, 5.41) is 3.49. The summed E-state index contributed by atoms with van der Waals surface area (Å²) in [6, 6.07) is 18.3. The first-order chi connectivity index (χ1) is 14.6. The highest BCUT2D eigenvalue weighted by atomic mass is 127. The maximum Gasteiger partial charge on any atom is 0.193 e. The van der Waals surface area contributed by atoms with Crippen molar-refractivity contribution in [3.8, 4) is 11.5 Å². The summed E-state index contributed by atoms with van der Waals surface area (Å²) in [4.78, 5) is 8.90. The number of para-hydroxylation sites is 1. The van der Waals surface area contributed by atoms with Crippen LogP contribution in [-0.2, 0) is 6.54 Å². The summed E-state index contributed by atoms with van der Waals surface area (Å²) >= 11 is 0. The van der Waals surface area contributed by atoms with Crippen LogP contribution >= 0.6 is 24.0 Å². The maximum absolute atomic E-state index is 6.10. The number of ether oxygens (including phenoxy) is 2. The molecule has 0 aliphatic carbocycles. The summed E-state index contributed by atoms with van der Waals surface area (Å²) in [6.45, 7) is 4.18. The average molecular weight is 538 g/mol. The van der Waals surface area contributed by atoms with Crippen molar-refractivity contribution in [1.29, 1.82) is 0 Å². The van der Waals surface area contributed by atoms with Crippen molar-refractivity contribution in [2.75, 3.05) is 47.4 Å². The molecular weight excluding hydrogens is 503 g/mol. The highest BCUT2D eigenvalue weighted by Gasteiger charge is 2.22. The van der Waals surface area contributed by atoms with Gasteiger partial charge in [-0.3, -0.25) is 4.99 Å². The van der Waals surface area contributed by atoms with Crippen LogP contribution in [0.2, 0.25) is 0 Å². The van der Waals surface area contributed by atoms with E-state index in [4.69, 9.17) is 9.47 Å². The first-order valence-corrected chi connectivity index (χ1v) is 10.7. The summed E-state index contributed by atoms with van der Waals surface area (Å²) in [6.07, 6.45) is 2.24. The van der Waals surface area contributed by atoms with Crippen LogP contribution in [0, 0.1) is 0 Å². The van der Waals surface area contributed by atoms with Gasteiger partial charge in [0.2, 0.25) is 0 Å². The molecule has 31 heavy (non-hydrogen) atoms. The van der Waals surface area contributed by atoms with Gasteiger partial charge in [-0.15, -0.1) is 24.0 Å². The van der Waals surface area contributed by atoms with Crippen molar-refractivity contribution < 1.29 is 9.47 Å². The third kappa shape index (κ3) is 8.57. The number of likely N-dealkylation sites (N-methyl/N-ethyl adjacent to an activating group) is 1. The van der Waals surface area contributed by atoms with Crippen LogP contribution in [0.15, 0.2) is 59.6 Å². The molecule has 1 N–H and O–H groups in total. The molecule has 7 heteroatoms. The zero-order valence-corrected chi connectivity index (χ0v) is 21.1. The van der Waals surface area contributed by atoms with Crippen molar-refractivity contribution in [2.24, 2.45) is 4.99 Å². The van der Waals surface area contributed by atoms with Gasteiger partial charge in [0.15, 0.2) is 5.96 Å². The van der Waals surface area contributed by atoms with Crippen molar-refractivity contribution >= 4 is 29.9 Å². The smallest absolute Gasteiger partial charge is 0.193 e. The van der Waals surface area contributed by atoms with Crippen molar-refractivity contribution in [3.63, 3.8) is 0 Å². The Labute approximate surface area is 203 Å². The fourth-order valence-corrected chi connectivity index (χ4v) is 3.48. The normalized spacial score (nSPS) is 14.8. The van der Waals surface area contributed by atoms with E-state index in [0.717, 1.165) is 56.5 Å². The molecule has 0 amide bonds. The lowest BCUT2D eigenvalue weighted by atomic mass is 10.1. The molecule has 0 unspecified atom stereocenters. The Morgan fingerprint density at radius 2 is 1.77 bits per heavy atom. The fraction of sp³-hybridized carbons (Fsp3) is 0.458. The van der Waals surface area contributed by atoms with Crippen molar-refractivity contribution in [1.82, 2.24) is 15.1 Å².